The zero-order valence-electron chi connectivity index (χ0n) is 12.2. The second-order valence-corrected chi connectivity index (χ2v) is 5.35. The quantitative estimate of drug-likeness (QED) is 0.891. The number of rotatable bonds is 2. The molecule has 0 radical (unpaired) electrons. The molecular formula is C17H14F2N2O2. The summed E-state index contributed by atoms with van der Waals surface area (Å²) in [5.74, 6) is -1.93. The number of anilines is 2. The van der Waals surface area contributed by atoms with Crippen LogP contribution in [0.5, 0.6) is 0 Å². The van der Waals surface area contributed by atoms with Crippen molar-refractivity contribution in [2.24, 2.45) is 0 Å². The lowest BCUT2D eigenvalue weighted by Gasteiger charge is -2.10. The molecule has 1 aliphatic heterocycles. The van der Waals surface area contributed by atoms with Crippen LogP contribution >= 0.6 is 0 Å². The van der Waals surface area contributed by atoms with Gasteiger partial charge in [-0.15, -0.1) is 0 Å². The zero-order valence-corrected chi connectivity index (χ0v) is 12.2. The van der Waals surface area contributed by atoms with Crippen molar-refractivity contribution >= 4 is 23.2 Å². The molecule has 23 heavy (non-hydrogen) atoms. The number of halogens is 2. The van der Waals surface area contributed by atoms with E-state index >= 15 is 0 Å². The average molecular weight is 316 g/mol. The van der Waals surface area contributed by atoms with Crippen LogP contribution in [0.25, 0.3) is 0 Å². The minimum Gasteiger partial charge on any atom is -0.326 e. The molecule has 0 saturated heterocycles. The van der Waals surface area contributed by atoms with Crippen molar-refractivity contribution in [1.82, 2.24) is 0 Å². The Morgan fingerprint density at radius 1 is 1.09 bits per heavy atom. The molecule has 1 aliphatic rings. The van der Waals surface area contributed by atoms with Crippen LogP contribution in [0.4, 0.5) is 20.2 Å². The Morgan fingerprint density at radius 3 is 2.74 bits per heavy atom. The van der Waals surface area contributed by atoms with Gasteiger partial charge in [-0.25, -0.2) is 8.78 Å². The summed E-state index contributed by atoms with van der Waals surface area (Å²) in [6.45, 7) is 0. The maximum Gasteiger partial charge on any atom is 0.255 e. The highest BCUT2D eigenvalue weighted by Crippen LogP contribution is 2.24. The van der Waals surface area contributed by atoms with Crippen LogP contribution in [0, 0.1) is 11.6 Å². The van der Waals surface area contributed by atoms with Gasteiger partial charge in [0.05, 0.1) is 5.69 Å². The molecule has 2 N–H and O–H groups in total. The first kappa shape index (κ1) is 15.1. The summed E-state index contributed by atoms with van der Waals surface area (Å²) < 4.78 is 26.7. The van der Waals surface area contributed by atoms with Crippen LogP contribution in [0.1, 0.15) is 28.8 Å². The van der Waals surface area contributed by atoms with E-state index in [9.17, 15) is 18.4 Å². The molecule has 1 heterocycles. The maximum atomic E-state index is 13.6. The molecule has 0 unspecified atom stereocenters. The van der Waals surface area contributed by atoms with Crippen LogP contribution in [0.3, 0.4) is 0 Å². The lowest BCUT2D eigenvalue weighted by Crippen LogP contribution is -2.14. The smallest absolute Gasteiger partial charge is 0.255 e. The van der Waals surface area contributed by atoms with Gasteiger partial charge in [0.1, 0.15) is 11.6 Å². The highest BCUT2D eigenvalue weighted by Gasteiger charge is 2.16. The monoisotopic (exact) mass is 316 g/mol. The van der Waals surface area contributed by atoms with Crippen LogP contribution < -0.4 is 10.6 Å². The fraction of sp³-hybridized carbons (Fsp3) is 0.176. The molecule has 118 valence electrons. The van der Waals surface area contributed by atoms with Gasteiger partial charge in [-0.1, -0.05) is 0 Å². The summed E-state index contributed by atoms with van der Waals surface area (Å²) in [5, 5.41) is 5.13. The van der Waals surface area contributed by atoms with E-state index in [0.717, 1.165) is 23.8 Å². The summed E-state index contributed by atoms with van der Waals surface area (Å²) in [4.78, 5) is 23.7. The largest absolute Gasteiger partial charge is 0.326 e. The van der Waals surface area contributed by atoms with Gasteiger partial charge in [-0.3, -0.25) is 9.59 Å². The summed E-state index contributed by atoms with van der Waals surface area (Å²) >= 11 is 0. The van der Waals surface area contributed by atoms with E-state index in [1.165, 1.54) is 6.07 Å². The van der Waals surface area contributed by atoms with E-state index in [1.54, 1.807) is 12.1 Å². The predicted molar refractivity (Wildman–Crippen MR) is 82.3 cm³/mol. The Hall–Kier alpha value is -2.76. The van der Waals surface area contributed by atoms with Crippen LogP contribution in [0.2, 0.25) is 0 Å². The molecule has 2 aromatic carbocycles. The number of benzene rings is 2. The first-order chi connectivity index (χ1) is 11.0. The van der Waals surface area contributed by atoms with Gasteiger partial charge < -0.3 is 10.6 Å². The third kappa shape index (κ3) is 3.36. The standard InChI is InChI=1S/C17H14F2N2O2/c18-12-5-6-13(19)15(9-12)21-17(23)11-4-7-14-10(8-11)2-1-3-16(22)20-14/h4-9H,1-3H2,(H,20,22)(H,21,23). The third-order valence-electron chi connectivity index (χ3n) is 3.67. The van der Waals surface area contributed by atoms with E-state index in [1.807, 2.05) is 0 Å². The first-order valence-corrected chi connectivity index (χ1v) is 7.22. The SMILES string of the molecule is O=C1CCCc2cc(C(=O)Nc3cc(F)ccc3F)ccc2N1. The van der Waals surface area contributed by atoms with Gasteiger partial charge >= 0.3 is 0 Å². The Labute approximate surface area is 131 Å². The van der Waals surface area contributed by atoms with E-state index in [-0.39, 0.29) is 11.6 Å². The Balaban J connectivity index is 1.84. The molecule has 2 aromatic rings. The van der Waals surface area contributed by atoms with Crippen molar-refractivity contribution in [2.45, 2.75) is 19.3 Å². The maximum absolute atomic E-state index is 13.6. The number of carbonyl (C=O) groups is 2. The molecule has 4 nitrogen and oxygen atoms in total. The summed E-state index contributed by atoms with van der Waals surface area (Å²) in [7, 11) is 0. The summed E-state index contributed by atoms with van der Waals surface area (Å²) in [6, 6.07) is 7.71. The topological polar surface area (TPSA) is 58.2 Å². The van der Waals surface area contributed by atoms with Crippen LogP contribution in [-0.4, -0.2) is 11.8 Å². The van der Waals surface area contributed by atoms with Crippen LogP contribution in [-0.2, 0) is 11.2 Å². The molecule has 0 aliphatic carbocycles. The number of amides is 2. The molecule has 0 spiro atoms. The van der Waals surface area contributed by atoms with Crippen LogP contribution in [0.15, 0.2) is 36.4 Å². The number of carbonyl (C=O) groups excluding carboxylic acids is 2. The lowest BCUT2D eigenvalue weighted by atomic mass is 10.0. The van der Waals surface area contributed by atoms with Gasteiger partial charge in [0, 0.05) is 23.7 Å². The summed E-state index contributed by atoms with van der Waals surface area (Å²) in [6.07, 6.45) is 1.80. The van der Waals surface area contributed by atoms with E-state index in [0.29, 0.717) is 30.5 Å². The van der Waals surface area contributed by atoms with Gasteiger partial charge in [0.15, 0.2) is 0 Å². The molecule has 6 heteroatoms. The van der Waals surface area contributed by atoms with Crippen molar-refractivity contribution in [1.29, 1.82) is 0 Å². The van der Waals surface area contributed by atoms with Gasteiger partial charge in [0.2, 0.25) is 5.91 Å². The lowest BCUT2D eigenvalue weighted by molar-refractivity contribution is -0.116. The minimum absolute atomic E-state index is 0.0530. The van der Waals surface area contributed by atoms with Gasteiger partial charge in [-0.2, -0.15) is 0 Å². The van der Waals surface area contributed by atoms with Gasteiger partial charge in [-0.05, 0) is 48.7 Å². The fourth-order valence-electron chi connectivity index (χ4n) is 2.50. The fourth-order valence-corrected chi connectivity index (χ4v) is 2.50. The highest BCUT2D eigenvalue weighted by molar-refractivity contribution is 6.05. The molecule has 0 saturated carbocycles. The zero-order chi connectivity index (χ0) is 16.4. The molecule has 0 bridgehead atoms. The van der Waals surface area contributed by atoms with Crippen molar-refractivity contribution in [2.75, 3.05) is 10.6 Å². The highest BCUT2D eigenvalue weighted by atomic mass is 19.1. The van der Waals surface area contributed by atoms with Crippen molar-refractivity contribution < 1.29 is 18.4 Å². The Bertz CT molecular complexity index is 790. The second-order valence-electron chi connectivity index (χ2n) is 5.35. The number of hydrogen-bond acceptors (Lipinski definition) is 2. The number of nitrogens with one attached hydrogen (secondary N) is 2. The van der Waals surface area contributed by atoms with Crippen molar-refractivity contribution in [3.63, 3.8) is 0 Å². The predicted octanol–water partition coefficient (Wildman–Crippen LogP) is 3.49. The number of aryl methyl sites for hydroxylation is 1. The number of hydrogen-bond donors (Lipinski definition) is 2. The van der Waals surface area contributed by atoms with Crippen molar-refractivity contribution in [3.05, 3.63) is 59.2 Å². The molecule has 2 amide bonds. The van der Waals surface area contributed by atoms with E-state index in [4.69, 9.17) is 0 Å². The average Bonchev–Trinajstić information content (AvgIpc) is 2.70. The van der Waals surface area contributed by atoms with Gasteiger partial charge in [0.25, 0.3) is 5.91 Å². The molecule has 0 fully saturated rings. The minimum atomic E-state index is -0.707. The summed E-state index contributed by atoms with van der Waals surface area (Å²) in [5.41, 5.74) is 1.64. The second kappa shape index (κ2) is 6.16. The van der Waals surface area contributed by atoms with Crippen molar-refractivity contribution in [3.8, 4) is 0 Å². The molecule has 0 aromatic heterocycles. The van der Waals surface area contributed by atoms with E-state index < -0.39 is 17.5 Å². The molecular weight excluding hydrogens is 302 g/mol. The van der Waals surface area contributed by atoms with E-state index in [2.05, 4.69) is 10.6 Å². The Kier molecular flexibility index (Phi) is 4.06. The molecule has 0 atom stereocenters. The normalized spacial score (nSPS) is 13.7. The number of fused-ring (bicyclic) bond motifs is 1. The third-order valence-corrected chi connectivity index (χ3v) is 3.67. The molecule has 3 rings (SSSR count). The first-order valence-electron chi connectivity index (χ1n) is 7.22. The Morgan fingerprint density at radius 2 is 1.91 bits per heavy atom.